The van der Waals surface area contributed by atoms with Gasteiger partial charge in [0.2, 0.25) is 5.96 Å². The molecule has 0 aliphatic carbocycles. The molecule has 0 spiro atoms. The molecule has 2 aliphatic rings. The maximum Gasteiger partial charge on any atom is 0.213 e. The van der Waals surface area contributed by atoms with Crippen LogP contribution in [-0.2, 0) is 6.54 Å². The number of hydrogen-bond donors (Lipinski definition) is 0. The van der Waals surface area contributed by atoms with Crippen LogP contribution < -0.4 is 9.80 Å². The molecule has 2 aromatic heterocycles. The normalized spacial score (nSPS) is 15.0. The number of furan rings is 1. The number of carbonyl (C=O) groups excluding carboxylic acids is 1. The standard InChI is InChI=1S/C37H29N5O2/c1-24-34-35(33-22-21-32(44-33)28-19-17-27(18-20-28)25(2)43)41-31-16-10-9-15-30(31)40(23-26-11-5-3-6-12-26)37(41)38-36(34)42(39-24)29-13-7-4-8-14-29/h3-22,35H,23H2,1-2H3/t35-/m0/s1. The van der Waals surface area contributed by atoms with Crippen molar-refractivity contribution in [1.82, 2.24) is 9.78 Å². The highest BCUT2D eigenvalue weighted by Crippen LogP contribution is 2.51. The van der Waals surface area contributed by atoms with Gasteiger partial charge >= 0.3 is 0 Å². The maximum atomic E-state index is 11.9. The Labute approximate surface area is 255 Å². The second kappa shape index (κ2) is 10.2. The van der Waals surface area contributed by atoms with Gasteiger partial charge in [0.05, 0.1) is 34.9 Å². The number of aliphatic imine (C=N–C) groups is 1. The topological polar surface area (TPSA) is 66.9 Å². The number of nitrogens with zero attached hydrogens (tertiary/aromatic N) is 5. The summed E-state index contributed by atoms with van der Waals surface area (Å²) in [6, 6.07) is 40.4. The van der Waals surface area contributed by atoms with Crippen LogP contribution in [-0.4, -0.2) is 21.5 Å². The lowest BCUT2D eigenvalue weighted by molar-refractivity contribution is 0.101. The molecule has 7 heteroatoms. The molecule has 8 rings (SSSR count). The number of hydrogen-bond acceptors (Lipinski definition) is 6. The van der Waals surface area contributed by atoms with Gasteiger partial charge in [0.1, 0.15) is 17.6 Å². The van der Waals surface area contributed by atoms with Crippen molar-refractivity contribution in [3.05, 3.63) is 149 Å². The van der Waals surface area contributed by atoms with Crippen LogP contribution in [0.15, 0.2) is 131 Å². The Kier molecular flexibility index (Phi) is 6.05. The Morgan fingerprint density at radius 1 is 0.795 bits per heavy atom. The molecule has 0 bridgehead atoms. The summed E-state index contributed by atoms with van der Waals surface area (Å²) in [5.74, 6) is 3.18. The van der Waals surface area contributed by atoms with E-state index in [0.29, 0.717) is 12.1 Å². The zero-order valence-corrected chi connectivity index (χ0v) is 24.4. The molecule has 214 valence electrons. The number of benzene rings is 4. The fraction of sp³-hybridized carbons (Fsp3) is 0.108. The number of aryl methyl sites for hydroxylation is 1. The van der Waals surface area contributed by atoms with Gasteiger partial charge in [-0.3, -0.25) is 9.69 Å². The van der Waals surface area contributed by atoms with E-state index in [1.54, 1.807) is 6.92 Å². The SMILES string of the molecule is CC(=O)c1ccc(-c2ccc([C@H]3c4c(C)nn(-c5ccccc5)c4N=C4N(Cc5ccccc5)c5ccccc5N43)o2)cc1. The number of anilines is 2. The van der Waals surface area contributed by atoms with Crippen LogP contribution in [0.25, 0.3) is 17.0 Å². The van der Waals surface area contributed by atoms with Crippen molar-refractivity contribution in [2.24, 2.45) is 4.99 Å². The summed E-state index contributed by atoms with van der Waals surface area (Å²) in [4.78, 5) is 21.8. The Bertz CT molecular complexity index is 2040. The third kappa shape index (κ3) is 4.16. The summed E-state index contributed by atoms with van der Waals surface area (Å²) in [7, 11) is 0. The largest absolute Gasteiger partial charge is 0.459 e. The second-order valence-corrected chi connectivity index (χ2v) is 11.2. The van der Waals surface area contributed by atoms with Crippen LogP contribution in [0.3, 0.4) is 0 Å². The minimum Gasteiger partial charge on any atom is -0.459 e. The van der Waals surface area contributed by atoms with E-state index in [2.05, 4.69) is 70.5 Å². The van der Waals surface area contributed by atoms with Crippen molar-refractivity contribution in [2.75, 3.05) is 9.80 Å². The number of aromatic nitrogens is 2. The van der Waals surface area contributed by atoms with Crippen molar-refractivity contribution in [2.45, 2.75) is 26.4 Å². The fourth-order valence-corrected chi connectivity index (χ4v) is 6.25. The average Bonchev–Trinajstić information content (AvgIpc) is 3.77. The molecule has 44 heavy (non-hydrogen) atoms. The van der Waals surface area contributed by atoms with Gasteiger partial charge in [-0.15, -0.1) is 0 Å². The third-order valence-corrected chi connectivity index (χ3v) is 8.36. The van der Waals surface area contributed by atoms with E-state index < -0.39 is 0 Å². The second-order valence-electron chi connectivity index (χ2n) is 11.2. The van der Waals surface area contributed by atoms with Crippen molar-refractivity contribution in [3.8, 4) is 17.0 Å². The third-order valence-electron chi connectivity index (χ3n) is 8.36. The van der Waals surface area contributed by atoms with Crippen LogP contribution >= 0.6 is 0 Å². The van der Waals surface area contributed by atoms with Gasteiger partial charge in [-0.25, -0.2) is 4.68 Å². The van der Waals surface area contributed by atoms with E-state index in [-0.39, 0.29) is 11.8 Å². The van der Waals surface area contributed by atoms with Crippen molar-refractivity contribution >= 4 is 28.9 Å². The van der Waals surface area contributed by atoms with Gasteiger partial charge in [0.25, 0.3) is 0 Å². The summed E-state index contributed by atoms with van der Waals surface area (Å²) in [5, 5.41) is 5.01. The molecule has 0 saturated heterocycles. The predicted octanol–water partition coefficient (Wildman–Crippen LogP) is 8.26. The predicted molar refractivity (Wildman–Crippen MR) is 173 cm³/mol. The Hall–Kier alpha value is -5.69. The number of guanidine groups is 1. The van der Waals surface area contributed by atoms with Crippen LogP contribution in [0.4, 0.5) is 17.2 Å². The molecule has 0 saturated carbocycles. The van der Waals surface area contributed by atoms with E-state index in [1.807, 2.05) is 72.3 Å². The highest BCUT2D eigenvalue weighted by Gasteiger charge is 2.45. The molecule has 0 amide bonds. The molecule has 7 nitrogen and oxygen atoms in total. The summed E-state index contributed by atoms with van der Waals surface area (Å²) < 4.78 is 8.62. The lowest BCUT2D eigenvalue weighted by Crippen LogP contribution is -2.42. The van der Waals surface area contributed by atoms with Gasteiger partial charge in [-0.2, -0.15) is 10.1 Å². The monoisotopic (exact) mass is 575 g/mol. The number of Topliss-reactive ketones (excluding diaryl/α,β-unsaturated/α-hetero) is 1. The van der Waals surface area contributed by atoms with Crippen LogP contribution in [0.2, 0.25) is 0 Å². The molecule has 1 atom stereocenters. The van der Waals surface area contributed by atoms with E-state index in [4.69, 9.17) is 14.5 Å². The van der Waals surface area contributed by atoms with E-state index in [0.717, 1.165) is 57.2 Å². The lowest BCUT2D eigenvalue weighted by Gasteiger charge is -2.33. The zero-order valence-electron chi connectivity index (χ0n) is 24.4. The maximum absolute atomic E-state index is 11.9. The highest BCUT2D eigenvalue weighted by atomic mass is 16.3. The van der Waals surface area contributed by atoms with Crippen LogP contribution in [0.1, 0.15) is 45.9 Å². The molecule has 4 aromatic carbocycles. The minimum atomic E-state index is -0.304. The first kappa shape index (κ1) is 26.0. The van der Waals surface area contributed by atoms with Gasteiger partial charge in [0.15, 0.2) is 11.6 Å². The summed E-state index contributed by atoms with van der Waals surface area (Å²) in [5.41, 5.74) is 7.77. The molecular formula is C37H29N5O2. The molecule has 0 unspecified atom stereocenters. The number of fused-ring (bicyclic) bond motifs is 4. The van der Waals surface area contributed by atoms with Gasteiger partial charge < -0.3 is 9.32 Å². The molecule has 2 aliphatic heterocycles. The number of rotatable bonds is 6. The summed E-state index contributed by atoms with van der Waals surface area (Å²) in [6.07, 6.45) is 0. The van der Waals surface area contributed by atoms with Crippen LogP contribution in [0, 0.1) is 6.92 Å². The summed E-state index contributed by atoms with van der Waals surface area (Å²) >= 11 is 0. The Balaban J connectivity index is 1.32. The first-order valence-electron chi connectivity index (χ1n) is 14.7. The van der Waals surface area contributed by atoms with Gasteiger partial charge in [-0.05, 0) is 55.8 Å². The number of ketones is 1. The van der Waals surface area contributed by atoms with E-state index in [1.165, 1.54) is 5.56 Å². The molecule has 4 heterocycles. The smallest absolute Gasteiger partial charge is 0.213 e. The Morgan fingerprint density at radius 3 is 2.20 bits per heavy atom. The molecular weight excluding hydrogens is 546 g/mol. The van der Waals surface area contributed by atoms with Crippen molar-refractivity contribution < 1.29 is 9.21 Å². The first-order valence-corrected chi connectivity index (χ1v) is 14.7. The van der Waals surface area contributed by atoms with Crippen molar-refractivity contribution in [3.63, 3.8) is 0 Å². The van der Waals surface area contributed by atoms with E-state index in [9.17, 15) is 4.79 Å². The van der Waals surface area contributed by atoms with Gasteiger partial charge in [-0.1, -0.05) is 84.9 Å². The summed E-state index contributed by atoms with van der Waals surface area (Å²) in [6.45, 7) is 4.28. The molecule has 0 N–H and O–H groups in total. The number of carbonyl (C=O) groups is 1. The van der Waals surface area contributed by atoms with Crippen LogP contribution in [0.5, 0.6) is 0 Å². The highest BCUT2D eigenvalue weighted by molar-refractivity contribution is 6.18. The quantitative estimate of drug-likeness (QED) is 0.187. The zero-order chi connectivity index (χ0) is 29.8. The molecule has 0 fully saturated rings. The number of para-hydroxylation sites is 3. The average molecular weight is 576 g/mol. The Morgan fingerprint density at radius 2 is 1.48 bits per heavy atom. The first-order chi connectivity index (χ1) is 21.6. The minimum absolute atomic E-state index is 0.0388. The lowest BCUT2D eigenvalue weighted by atomic mass is 10.0. The molecule has 0 radical (unpaired) electrons. The van der Waals surface area contributed by atoms with Gasteiger partial charge in [0, 0.05) is 11.1 Å². The van der Waals surface area contributed by atoms with Crippen molar-refractivity contribution in [1.29, 1.82) is 0 Å². The van der Waals surface area contributed by atoms with E-state index >= 15 is 0 Å². The fourth-order valence-electron chi connectivity index (χ4n) is 6.25. The molecule has 6 aromatic rings.